The molecule has 1 aromatic carbocycles. The zero-order valence-corrected chi connectivity index (χ0v) is 17.3. The van der Waals surface area contributed by atoms with Crippen molar-refractivity contribution in [3.63, 3.8) is 0 Å². The van der Waals surface area contributed by atoms with E-state index in [4.69, 9.17) is 0 Å². The molecule has 7 rings (SSSR count). The van der Waals surface area contributed by atoms with Crippen LogP contribution in [0.25, 0.3) is 5.69 Å². The normalized spacial score (nSPS) is 34.4. The number of nitrogens with zero attached hydrogens (tertiary/aromatic N) is 2. The quantitative estimate of drug-likeness (QED) is 0.731. The highest BCUT2D eigenvalue weighted by Gasteiger charge is 2.52. The summed E-state index contributed by atoms with van der Waals surface area (Å²) in [5, 5.41) is 3.62. The summed E-state index contributed by atoms with van der Waals surface area (Å²) >= 11 is 0. The predicted molar refractivity (Wildman–Crippen MR) is 114 cm³/mol. The third-order valence-electron chi connectivity index (χ3n) is 8.15. The molecule has 4 aliphatic carbocycles. The Morgan fingerprint density at radius 1 is 1.03 bits per heavy atom. The molecule has 2 aromatic rings. The van der Waals surface area contributed by atoms with Gasteiger partial charge < -0.3 is 14.8 Å². The van der Waals surface area contributed by atoms with Gasteiger partial charge in [0.2, 0.25) is 0 Å². The van der Waals surface area contributed by atoms with E-state index in [9.17, 15) is 4.79 Å². The van der Waals surface area contributed by atoms with Crippen molar-refractivity contribution in [1.82, 2.24) is 14.8 Å². The van der Waals surface area contributed by atoms with Gasteiger partial charge in [-0.25, -0.2) is 4.79 Å². The highest BCUT2D eigenvalue weighted by molar-refractivity contribution is 5.76. The second kappa shape index (κ2) is 6.38. The summed E-state index contributed by atoms with van der Waals surface area (Å²) in [6, 6.07) is 13.1. The maximum absolute atomic E-state index is 13.8. The van der Waals surface area contributed by atoms with Crippen molar-refractivity contribution in [3.05, 3.63) is 53.9 Å². The fourth-order valence-corrected chi connectivity index (χ4v) is 7.42. The molecule has 1 N–H and O–H groups in total. The van der Waals surface area contributed by atoms with E-state index >= 15 is 0 Å². The molecule has 4 fully saturated rings. The Kier molecular flexibility index (Phi) is 3.88. The van der Waals surface area contributed by atoms with Gasteiger partial charge in [0, 0.05) is 17.4 Å². The summed E-state index contributed by atoms with van der Waals surface area (Å²) in [4.78, 5) is 15.9. The van der Waals surface area contributed by atoms with Crippen molar-refractivity contribution in [3.8, 4) is 5.69 Å². The molecule has 4 bridgehead atoms. The van der Waals surface area contributed by atoms with Gasteiger partial charge in [0.05, 0.1) is 18.3 Å². The second-order valence-electron chi connectivity index (χ2n) is 10.1. The van der Waals surface area contributed by atoms with Crippen molar-refractivity contribution >= 4 is 6.03 Å². The van der Waals surface area contributed by atoms with Gasteiger partial charge in [0.1, 0.15) is 0 Å². The Labute approximate surface area is 173 Å². The van der Waals surface area contributed by atoms with Gasteiger partial charge in [0.15, 0.2) is 0 Å². The van der Waals surface area contributed by atoms with E-state index in [1.165, 1.54) is 55.5 Å². The van der Waals surface area contributed by atoms with Crippen LogP contribution in [0.5, 0.6) is 0 Å². The summed E-state index contributed by atoms with van der Waals surface area (Å²) in [5.41, 5.74) is 3.70. The van der Waals surface area contributed by atoms with E-state index in [-0.39, 0.29) is 17.6 Å². The minimum Gasteiger partial charge on any atom is -0.332 e. The molecule has 1 unspecified atom stereocenters. The Hall–Kier alpha value is -2.23. The second-order valence-corrected chi connectivity index (χ2v) is 10.1. The maximum Gasteiger partial charge on any atom is 0.318 e. The van der Waals surface area contributed by atoms with Crippen LogP contribution in [-0.4, -0.2) is 21.0 Å². The molecule has 0 radical (unpaired) electrons. The molecule has 4 saturated carbocycles. The van der Waals surface area contributed by atoms with Crippen LogP contribution in [0.4, 0.5) is 4.79 Å². The van der Waals surface area contributed by atoms with Crippen LogP contribution in [0.1, 0.15) is 69.2 Å². The average molecular weight is 390 g/mol. The van der Waals surface area contributed by atoms with Crippen LogP contribution in [0, 0.1) is 17.8 Å². The minimum atomic E-state index is 0.0535. The number of nitrogens with one attached hydrogen (secondary N) is 1. The van der Waals surface area contributed by atoms with Crippen LogP contribution < -0.4 is 5.32 Å². The predicted octanol–water partition coefficient (Wildman–Crippen LogP) is 5.42. The number of amides is 2. The molecule has 2 heterocycles. The van der Waals surface area contributed by atoms with Gasteiger partial charge in [-0.3, -0.25) is 0 Å². The molecular formula is C25H31N3O. The SMILES string of the molecule is CCC1c2cccn2-c2ccccc2CN1C(=O)NC12CC3CC(CC(C3)C1)C2. The van der Waals surface area contributed by atoms with E-state index in [0.717, 1.165) is 24.2 Å². The number of aromatic nitrogens is 1. The van der Waals surface area contributed by atoms with Gasteiger partial charge >= 0.3 is 6.03 Å². The molecule has 4 nitrogen and oxygen atoms in total. The fourth-order valence-electron chi connectivity index (χ4n) is 7.42. The lowest BCUT2D eigenvalue weighted by Gasteiger charge is -2.57. The van der Waals surface area contributed by atoms with Crippen LogP contribution in [0.3, 0.4) is 0 Å². The molecule has 2 amide bonds. The van der Waals surface area contributed by atoms with Crippen LogP contribution in [-0.2, 0) is 6.54 Å². The average Bonchev–Trinajstić information content (AvgIpc) is 3.11. The van der Waals surface area contributed by atoms with Gasteiger partial charge in [0.25, 0.3) is 0 Å². The first kappa shape index (κ1) is 17.6. The molecule has 29 heavy (non-hydrogen) atoms. The van der Waals surface area contributed by atoms with Crippen LogP contribution in [0.2, 0.25) is 0 Å². The zero-order valence-electron chi connectivity index (χ0n) is 17.3. The molecule has 1 aliphatic heterocycles. The highest BCUT2D eigenvalue weighted by Crippen LogP contribution is 2.55. The lowest BCUT2D eigenvalue weighted by Crippen LogP contribution is -2.62. The number of para-hydroxylation sites is 1. The standard InChI is InChI=1S/C25H31N3O/c1-2-21-23-8-5-9-27(23)22-7-4-3-6-20(22)16-28(21)24(29)26-25-13-17-10-18(14-25)12-19(11-17)15-25/h3-9,17-19,21H,2,10-16H2,1H3,(H,26,29). The summed E-state index contributed by atoms with van der Waals surface area (Å²) in [6.45, 7) is 2.87. The number of hydrogen-bond acceptors (Lipinski definition) is 1. The number of urea groups is 1. The first-order valence-electron chi connectivity index (χ1n) is 11.5. The molecule has 0 saturated heterocycles. The van der Waals surface area contributed by atoms with Crippen LogP contribution >= 0.6 is 0 Å². The van der Waals surface area contributed by atoms with Crippen molar-refractivity contribution in [2.75, 3.05) is 0 Å². The van der Waals surface area contributed by atoms with Crippen molar-refractivity contribution in [2.45, 2.75) is 70.0 Å². The molecule has 0 spiro atoms. The highest BCUT2D eigenvalue weighted by atomic mass is 16.2. The molecule has 152 valence electrons. The lowest BCUT2D eigenvalue weighted by atomic mass is 9.53. The Morgan fingerprint density at radius 3 is 2.41 bits per heavy atom. The smallest absolute Gasteiger partial charge is 0.318 e. The number of benzene rings is 1. The summed E-state index contributed by atoms with van der Waals surface area (Å²) in [6.07, 6.45) is 10.8. The summed E-state index contributed by atoms with van der Waals surface area (Å²) < 4.78 is 2.28. The third-order valence-corrected chi connectivity index (χ3v) is 8.15. The fraction of sp³-hybridized carbons (Fsp3) is 0.560. The first-order chi connectivity index (χ1) is 14.1. The third kappa shape index (κ3) is 2.75. The summed E-state index contributed by atoms with van der Waals surface area (Å²) in [7, 11) is 0. The van der Waals surface area contributed by atoms with Crippen molar-refractivity contribution < 1.29 is 4.79 Å². The van der Waals surface area contributed by atoms with E-state index in [1.54, 1.807) is 0 Å². The van der Waals surface area contributed by atoms with Gasteiger partial charge in [-0.1, -0.05) is 25.1 Å². The van der Waals surface area contributed by atoms with Crippen molar-refractivity contribution in [2.24, 2.45) is 17.8 Å². The number of carbonyl (C=O) groups excluding carboxylic acids is 1. The number of fused-ring (bicyclic) bond motifs is 3. The Balaban J connectivity index is 1.34. The number of hydrogen-bond donors (Lipinski definition) is 1. The van der Waals surface area contributed by atoms with E-state index in [1.807, 2.05) is 0 Å². The van der Waals surface area contributed by atoms with Crippen molar-refractivity contribution in [1.29, 1.82) is 0 Å². The van der Waals surface area contributed by atoms with E-state index in [2.05, 4.69) is 64.3 Å². The number of rotatable bonds is 2. The van der Waals surface area contributed by atoms with Gasteiger partial charge in [-0.05, 0) is 86.5 Å². The van der Waals surface area contributed by atoms with Gasteiger partial charge in [-0.15, -0.1) is 0 Å². The van der Waals surface area contributed by atoms with Gasteiger partial charge in [-0.2, -0.15) is 0 Å². The monoisotopic (exact) mass is 389 g/mol. The zero-order chi connectivity index (χ0) is 19.6. The Morgan fingerprint density at radius 2 is 1.72 bits per heavy atom. The van der Waals surface area contributed by atoms with E-state index < -0.39 is 0 Å². The molecular weight excluding hydrogens is 358 g/mol. The topological polar surface area (TPSA) is 37.3 Å². The summed E-state index contributed by atoms with van der Waals surface area (Å²) in [5.74, 6) is 2.52. The molecule has 4 heteroatoms. The Bertz CT molecular complexity index is 910. The lowest BCUT2D eigenvalue weighted by molar-refractivity contribution is -0.0167. The van der Waals surface area contributed by atoms with E-state index in [0.29, 0.717) is 6.54 Å². The maximum atomic E-state index is 13.8. The largest absolute Gasteiger partial charge is 0.332 e. The molecule has 5 aliphatic rings. The number of carbonyl (C=O) groups is 1. The molecule has 1 atom stereocenters. The minimum absolute atomic E-state index is 0.0535. The molecule has 1 aromatic heterocycles. The van der Waals surface area contributed by atoms with Crippen LogP contribution in [0.15, 0.2) is 42.6 Å². The first-order valence-corrected chi connectivity index (χ1v) is 11.5.